The number of pyridine rings is 2. The number of amides is 2. The second-order valence-electron chi connectivity index (χ2n) is 7.90. The van der Waals surface area contributed by atoms with Gasteiger partial charge < -0.3 is 25.0 Å². The lowest BCUT2D eigenvalue weighted by atomic mass is 10.2. The van der Waals surface area contributed by atoms with Crippen LogP contribution < -0.4 is 25.7 Å². The average molecular weight is 476 g/mol. The summed E-state index contributed by atoms with van der Waals surface area (Å²) in [4.78, 5) is 22.7. The van der Waals surface area contributed by atoms with Crippen LogP contribution in [0.1, 0.15) is 11.1 Å². The predicted octanol–water partition coefficient (Wildman–Crippen LogP) is 3.27. The Labute approximate surface area is 204 Å². The number of aryl methyl sites for hydroxylation is 1. The lowest BCUT2D eigenvalue weighted by Gasteiger charge is -2.29. The topological polar surface area (TPSA) is 113 Å². The molecule has 1 aliphatic rings. The third-order valence-electron chi connectivity index (χ3n) is 5.15. The molecule has 0 bridgehead atoms. The number of nitrogens with zero attached hydrogens (tertiary/aromatic N) is 4. The molecule has 10 heteroatoms. The maximum Gasteiger partial charge on any atom is 0.319 e. The standard InChI is InChI=1S/C25H29N7O3/c1-19-4-2-5-20(14-19)17-28-31-23-15-22(32-9-12-34-13-10-32)16-24(30-23)35-11-8-27-25(33)29-21-6-3-7-26-18-21/h2-7,14-18H,8-13H2,1H3,(H,30,31)(H2,27,29,33)/b28-17+. The van der Waals surface area contributed by atoms with E-state index in [-0.39, 0.29) is 12.6 Å². The molecule has 3 heterocycles. The lowest BCUT2D eigenvalue weighted by molar-refractivity contribution is 0.122. The number of hydrogen-bond acceptors (Lipinski definition) is 8. The van der Waals surface area contributed by atoms with Gasteiger partial charge in [0.05, 0.1) is 37.9 Å². The van der Waals surface area contributed by atoms with E-state index in [0.29, 0.717) is 37.1 Å². The number of morpholine rings is 1. The molecular formula is C25H29N7O3. The lowest BCUT2D eigenvalue weighted by Crippen LogP contribution is -2.36. The number of carbonyl (C=O) groups is 1. The fraction of sp³-hybridized carbons (Fsp3) is 0.280. The van der Waals surface area contributed by atoms with Crippen LogP contribution in [0, 0.1) is 6.92 Å². The molecule has 0 atom stereocenters. The van der Waals surface area contributed by atoms with Crippen molar-refractivity contribution in [1.29, 1.82) is 0 Å². The van der Waals surface area contributed by atoms with Crippen molar-refractivity contribution in [2.24, 2.45) is 5.10 Å². The maximum atomic E-state index is 12.0. The zero-order valence-electron chi connectivity index (χ0n) is 19.6. The van der Waals surface area contributed by atoms with Crippen molar-refractivity contribution in [2.45, 2.75) is 6.92 Å². The van der Waals surface area contributed by atoms with Crippen LogP contribution in [0.2, 0.25) is 0 Å². The van der Waals surface area contributed by atoms with Gasteiger partial charge in [-0.15, -0.1) is 0 Å². The summed E-state index contributed by atoms with van der Waals surface area (Å²) in [6.45, 7) is 5.51. The SMILES string of the molecule is Cc1cccc(/C=N/Nc2cc(N3CCOCC3)cc(OCCNC(=O)Nc3cccnc3)n2)c1. The summed E-state index contributed by atoms with van der Waals surface area (Å²) < 4.78 is 11.3. The highest BCUT2D eigenvalue weighted by Gasteiger charge is 2.14. The van der Waals surface area contributed by atoms with Gasteiger partial charge >= 0.3 is 6.03 Å². The number of nitrogens with one attached hydrogen (secondary N) is 3. The van der Waals surface area contributed by atoms with Gasteiger partial charge in [0.2, 0.25) is 5.88 Å². The molecule has 3 N–H and O–H groups in total. The van der Waals surface area contributed by atoms with E-state index in [4.69, 9.17) is 9.47 Å². The third kappa shape index (κ3) is 7.68. The molecule has 2 aromatic heterocycles. The number of carbonyl (C=O) groups excluding carboxylic acids is 1. The van der Waals surface area contributed by atoms with Crippen LogP contribution in [0.15, 0.2) is 66.0 Å². The summed E-state index contributed by atoms with van der Waals surface area (Å²) in [6, 6.07) is 15.1. The van der Waals surface area contributed by atoms with Crippen molar-refractivity contribution in [1.82, 2.24) is 15.3 Å². The molecule has 1 aromatic carbocycles. The first-order valence-electron chi connectivity index (χ1n) is 11.4. The van der Waals surface area contributed by atoms with Gasteiger partial charge in [-0.05, 0) is 24.6 Å². The van der Waals surface area contributed by atoms with Crippen molar-refractivity contribution < 1.29 is 14.3 Å². The first-order valence-corrected chi connectivity index (χ1v) is 11.4. The first kappa shape index (κ1) is 24.0. The molecule has 1 aliphatic heterocycles. The second-order valence-corrected chi connectivity index (χ2v) is 7.90. The Morgan fingerprint density at radius 2 is 2.09 bits per heavy atom. The fourth-order valence-corrected chi connectivity index (χ4v) is 3.48. The van der Waals surface area contributed by atoms with Crippen molar-refractivity contribution in [3.05, 3.63) is 72.1 Å². The summed E-state index contributed by atoms with van der Waals surface area (Å²) in [5.41, 5.74) is 6.75. The molecule has 10 nitrogen and oxygen atoms in total. The number of ether oxygens (including phenoxy) is 2. The largest absolute Gasteiger partial charge is 0.476 e. The van der Waals surface area contributed by atoms with Gasteiger partial charge in [-0.2, -0.15) is 10.1 Å². The number of aromatic nitrogens is 2. The quantitative estimate of drug-likeness (QED) is 0.247. The summed E-state index contributed by atoms with van der Waals surface area (Å²) in [5.74, 6) is 1.01. The molecule has 4 rings (SSSR count). The van der Waals surface area contributed by atoms with E-state index in [1.165, 1.54) is 5.56 Å². The smallest absolute Gasteiger partial charge is 0.319 e. The Morgan fingerprint density at radius 3 is 2.89 bits per heavy atom. The Kier molecular flexibility index (Phi) is 8.44. The van der Waals surface area contributed by atoms with E-state index in [2.05, 4.69) is 42.1 Å². The molecule has 3 aromatic rings. The predicted molar refractivity (Wildman–Crippen MR) is 136 cm³/mol. The van der Waals surface area contributed by atoms with Crippen molar-refractivity contribution in [2.75, 3.05) is 55.1 Å². The second kappa shape index (κ2) is 12.3. The normalized spacial score (nSPS) is 13.5. The van der Waals surface area contributed by atoms with Gasteiger partial charge in [-0.3, -0.25) is 10.4 Å². The highest BCUT2D eigenvalue weighted by atomic mass is 16.5. The monoisotopic (exact) mass is 475 g/mol. The minimum atomic E-state index is -0.329. The molecule has 1 fully saturated rings. The number of anilines is 3. The molecule has 0 unspecified atom stereocenters. The molecule has 35 heavy (non-hydrogen) atoms. The van der Waals surface area contributed by atoms with Crippen LogP contribution in [0.5, 0.6) is 5.88 Å². The third-order valence-corrected chi connectivity index (χ3v) is 5.15. The Morgan fingerprint density at radius 1 is 1.20 bits per heavy atom. The Balaban J connectivity index is 1.36. The summed E-state index contributed by atoms with van der Waals surface area (Å²) >= 11 is 0. The van der Waals surface area contributed by atoms with Crippen LogP contribution >= 0.6 is 0 Å². The van der Waals surface area contributed by atoms with Crippen LogP contribution in [0.4, 0.5) is 22.0 Å². The van der Waals surface area contributed by atoms with Gasteiger partial charge in [0.1, 0.15) is 6.61 Å². The van der Waals surface area contributed by atoms with Crippen LogP contribution in [-0.2, 0) is 4.74 Å². The van der Waals surface area contributed by atoms with E-state index in [1.54, 1.807) is 30.7 Å². The molecule has 2 amide bonds. The Bertz CT molecular complexity index is 1130. The molecule has 182 valence electrons. The van der Waals surface area contributed by atoms with Crippen LogP contribution in [-0.4, -0.2) is 61.7 Å². The van der Waals surface area contributed by atoms with Gasteiger partial charge in [0, 0.05) is 37.1 Å². The van der Waals surface area contributed by atoms with E-state index >= 15 is 0 Å². The molecule has 0 saturated carbocycles. The van der Waals surface area contributed by atoms with E-state index in [0.717, 1.165) is 24.3 Å². The number of urea groups is 1. The number of hydrogen-bond donors (Lipinski definition) is 3. The van der Waals surface area contributed by atoms with Gasteiger partial charge in [0.15, 0.2) is 5.82 Å². The average Bonchev–Trinajstić information content (AvgIpc) is 2.88. The maximum absolute atomic E-state index is 12.0. The summed E-state index contributed by atoms with van der Waals surface area (Å²) in [5, 5.41) is 9.80. The Hall–Kier alpha value is -4.18. The minimum Gasteiger partial charge on any atom is -0.476 e. The van der Waals surface area contributed by atoms with Gasteiger partial charge in [-0.1, -0.05) is 29.8 Å². The summed E-state index contributed by atoms with van der Waals surface area (Å²) in [6.07, 6.45) is 4.97. The van der Waals surface area contributed by atoms with Gasteiger partial charge in [0.25, 0.3) is 0 Å². The van der Waals surface area contributed by atoms with E-state index in [1.807, 2.05) is 37.3 Å². The zero-order valence-corrected chi connectivity index (χ0v) is 19.6. The molecule has 1 saturated heterocycles. The van der Waals surface area contributed by atoms with Crippen molar-refractivity contribution in [3.63, 3.8) is 0 Å². The number of rotatable bonds is 9. The number of benzene rings is 1. The van der Waals surface area contributed by atoms with Crippen molar-refractivity contribution in [3.8, 4) is 5.88 Å². The highest BCUT2D eigenvalue weighted by Crippen LogP contribution is 2.24. The molecule has 0 spiro atoms. The van der Waals surface area contributed by atoms with Crippen LogP contribution in [0.25, 0.3) is 0 Å². The van der Waals surface area contributed by atoms with Crippen LogP contribution in [0.3, 0.4) is 0 Å². The zero-order chi connectivity index (χ0) is 24.3. The number of hydrazone groups is 1. The van der Waals surface area contributed by atoms with Gasteiger partial charge in [-0.25, -0.2) is 4.79 Å². The van der Waals surface area contributed by atoms with E-state index < -0.39 is 0 Å². The first-order chi connectivity index (χ1) is 17.2. The van der Waals surface area contributed by atoms with Crippen molar-refractivity contribution >= 4 is 29.4 Å². The fourth-order valence-electron chi connectivity index (χ4n) is 3.48. The summed E-state index contributed by atoms with van der Waals surface area (Å²) in [7, 11) is 0. The molecular weight excluding hydrogens is 446 g/mol. The molecule has 0 aliphatic carbocycles. The minimum absolute atomic E-state index is 0.256. The highest BCUT2D eigenvalue weighted by molar-refractivity contribution is 5.88. The van der Waals surface area contributed by atoms with E-state index in [9.17, 15) is 4.79 Å². The molecule has 0 radical (unpaired) electrons.